The average molecular weight is 474 g/mol. The Labute approximate surface area is 207 Å². The number of aryl methyl sites for hydroxylation is 2. The lowest BCUT2D eigenvalue weighted by Crippen LogP contribution is -2.49. The zero-order chi connectivity index (χ0) is 26.3. The Bertz CT molecular complexity index is 1180. The minimum atomic E-state index is -1.25. The lowest BCUT2D eigenvalue weighted by Gasteiger charge is -2.30. The first-order valence-electron chi connectivity index (χ1n) is 11.1. The predicted octanol–water partition coefficient (Wildman–Crippen LogP) is 4.30. The highest BCUT2D eigenvalue weighted by Gasteiger charge is 2.35. The first-order valence-corrected chi connectivity index (χ1v) is 11.1. The second kappa shape index (κ2) is 11.3. The van der Waals surface area contributed by atoms with Gasteiger partial charge in [0, 0.05) is 22.9 Å². The minimum Gasteiger partial charge on any atom is -0.444 e. The molecule has 0 heterocycles. The van der Waals surface area contributed by atoms with E-state index in [0.29, 0.717) is 16.8 Å². The first kappa shape index (κ1) is 27.0. The van der Waals surface area contributed by atoms with E-state index in [2.05, 4.69) is 22.6 Å². The maximum Gasteiger partial charge on any atom is 0.408 e. The van der Waals surface area contributed by atoms with E-state index in [0.717, 1.165) is 16.0 Å². The van der Waals surface area contributed by atoms with Crippen LogP contribution in [0.4, 0.5) is 10.5 Å². The molecule has 0 aliphatic carbocycles. The number of ether oxygens (including phenoxy) is 1. The van der Waals surface area contributed by atoms with Gasteiger partial charge in [-0.05, 0) is 58.7 Å². The second-order valence-corrected chi connectivity index (χ2v) is 9.10. The third-order valence-corrected chi connectivity index (χ3v) is 5.13. The number of para-hydroxylation sites is 1. The monoisotopic (exact) mass is 473 g/mol. The molecular formula is C28H31N3O4. The second-order valence-electron chi connectivity index (χ2n) is 9.10. The number of terminal acetylenes is 2. The number of anilines is 1. The van der Waals surface area contributed by atoms with Crippen LogP contribution in [0.5, 0.6) is 0 Å². The van der Waals surface area contributed by atoms with Crippen LogP contribution >= 0.6 is 0 Å². The Morgan fingerprint density at radius 3 is 2.14 bits per heavy atom. The van der Waals surface area contributed by atoms with Gasteiger partial charge in [0.15, 0.2) is 6.04 Å². The Balaban J connectivity index is 2.47. The number of nitrogens with one attached hydrogen (secondary N) is 2. The molecule has 2 aromatic carbocycles. The number of rotatable bonds is 6. The molecule has 0 aliphatic rings. The zero-order valence-electron chi connectivity index (χ0n) is 20.9. The summed E-state index contributed by atoms with van der Waals surface area (Å²) in [6.07, 6.45) is 10.6. The van der Waals surface area contributed by atoms with Crippen molar-refractivity contribution in [1.29, 1.82) is 0 Å². The Morgan fingerprint density at radius 2 is 1.60 bits per heavy atom. The summed E-state index contributed by atoms with van der Waals surface area (Å²) in [4.78, 5) is 40.2. The van der Waals surface area contributed by atoms with E-state index >= 15 is 0 Å². The van der Waals surface area contributed by atoms with Crippen molar-refractivity contribution in [3.63, 3.8) is 0 Å². The van der Waals surface area contributed by atoms with E-state index in [-0.39, 0.29) is 0 Å². The zero-order valence-corrected chi connectivity index (χ0v) is 20.9. The number of hydrogen-bond donors (Lipinski definition) is 2. The highest BCUT2D eigenvalue weighted by molar-refractivity contribution is 6.00. The van der Waals surface area contributed by atoms with E-state index in [9.17, 15) is 14.4 Å². The van der Waals surface area contributed by atoms with Crippen molar-refractivity contribution in [3.8, 4) is 24.8 Å². The van der Waals surface area contributed by atoms with Gasteiger partial charge in [-0.25, -0.2) is 4.79 Å². The molecule has 0 fully saturated rings. The minimum absolute atomic E-state index is 0.384. The molecule has 35 heavy (non-hydrogen) atoms. The first-order chi connectivity index (χ1) is 16.4. The van der Waals surface area contributed by atoms with E-state index in [1.165, 1.54) is 6.92 Å². The summed E-state index contributed by atoms with van der Waals surface area (Å²) < 4.78 is 5.23. The maximum absolute atomic E-state index is 13.6. The van der Waals surface area contributed by atoms with Crippen LogP contribution in [0.2, 0.25) is 0 Å². The quantitative estimate of drug-likeness (QED) is 0.484. The molecule has 0 saturated heterocycles. The van der Waals surface area contributed by atoms with Crippen LogP contribution in [0.15, 0.2) is 42.5 Å². The average Bonchev–Trinajstić information content (AvgIpc) is 2.78. The van der Waals surface area contributed by atoms with Crippen molar-refractivity contribution in [2.75, 3.05) is 5.32 Å². The predicted molar refractivity (Wildman–Crippen MR) is 136 cm³/mol. The fraction of sp³-hybridized carbons (Fsp3) is 0.321. The van der Waals surface area contributed by atoms with E-state index in [4.69, 9.17) is 17.6 Å². The molecule has 2 atom stereocenters. The highest BCUT2D eigenvalue weighted by Crippen LogP contribution is 2.28. The number of amides is 3. The molecule has 7 heteroatoms. The number of alkyl carbamates (subject to hydrolysis) is 1. The van der Waals surface area contributed by atoms with Gasteiger partial charge in [-0.2, -0.15) is 0 Å². The Hall–Kier alpha value is -4.23. The summed E-state index contributed by atoms with van der Waals surface area (Å²) in [6, 6.07) is 12.3. The number of carbonyl (C=O) groups is 3. The van der Waals surface area contributed by atoms with Crippen LogP contribution in [0.3, 0.4) is 0 Å². The third-order valence-electron chi connectivity index (χ3n) is 5.13. The van der Waals surface area contributed by atoms with Crippen LogP contribution in [-0.2, 0) is 14.3 Å². The Morgan fingerprint density at radius 1 is 1.00 bits per heavy atom. The maximum atomic E-state index is 13.6. The van der Waals surface area contributed by atoms with Crippen molar-refractivity contribution in [1.82, 2.24) is 10.2 Å². The van der Waals surface area contributed by atoms with Gasteiger partial charge in [0.25, 0.3) is 11.8 Å². The number of carbonyl (C=O) groups excluding carboxylic acids is 3. The standard InChI is InChI=1S/C28H31N3O4/c1-9-21-16-11-12-17-22(21)24(25(32)30-23-18(3)14-13-15-19(23)4)31(10-2)26(33)20(5)29-27(34)35-28(6,7)8/h1-2,11-17,20,24H,3-8H3,(H,29,34)(H,30,32). The summed E-state index contributed by atoms with van der Waals surface area (Å²) in [5, 5.41) is 5.37. The van der Waals surface area contributed by atoms with Crippen molar-refractivity contribution in [2.24, 2.45) is 0 Å². The van der Waals surface area contributed by atoms with Crippen molar-refractivity contribution < 1.29 is 19.1 Å². The molecule has 2 aromatic rings. The summed E-state index contributed by atoms with van der Waals surface area (Å²) in [5.41, 5.74) is 2.36. The molecule has 0 aromatic heterocycles. The molecule has 0 bridgehead atoms. The van der Waals surface area contributed by atoms with Gasteiger partial charge < -0.3 is 15.4 Å². The van der Waals surface area contributed by atoms with Gasteiger partial charge in [0.05, 0.1) is 0 Å². The van der Waals surface area contributed by atoms with Crippen LogP contribution in [0, 0.1) is 38.7 Å². The number of nitrogens with zero attached hydrogens (tertiary/aromatic N) is 1. The molecule has 0 saturated carbocycles. The summed E-state index contributed by atoms with van der Waals surface area (Å²) in [6.45, 7) is 10.3. The normalized spacial score (nSPS) is 12.3. The van der Waals surface area contributed by atoms with Crippen molar-refractivity contribution in [3.05, 3.63) is 64.7 Å². The van der Waals surface area contributed by atoms with Gasteiger partial charge >= 0.3 is 6.09 Å². The van der Waals surface area contributed by atoms with E-state index in [1.807, 2.05) is 32.0 Å². The lowest BCUT2D eigenvalue weighted by atomic mass is 9.97. The van der Waals surface area contributed by atoms with Crippen LogP contribution in [0.1, 0.15) is 56.0 Å². The van der Waals surface area contributed by atoms with Gasteiger partial charge in [-0.1, -0.05) is 48.7 Å². The number of hydrogen-bond acceptors (Lipinski definition) is 4. The van der Waals surface area contributed by atoms with Crippen molar-refractivity contribution >= 4 is 23.6 Å². The SMILES string of the molecule is C#Cc1ccccc1C(C(=O)Nc1c(C)cccc1C)N(C#C)C(=O)C(C)NC(=O)OC(C)(C)C. The topological polar surface area (TPSA) is 87.7 Å². The summed E-state index contributed by atoms with van der Waals surface area (Å²) in [5.74, 6) is 1.33. The van der Waals surface area contributed by atoms with Crippen LogP contribution in [-0.4, -0.2) is 34.5 Å². The fourth-order valence-corrected chi connectivity index (χ4v) is 3.49. The van der Waals surface area contributed by atoms with Crippen LogP contribution in [0.25, 0.3) is 0 Å². The molecule has 2 unspecified atom stereocenters. The molecule has 7 nitrogen and oxygen atoms in total. The van der Waals surface area contributed by atoms with Gasteiger partial charge in [0.2, 0.25) is 0 Å². The number of benzene rings is 2. The largest absolute Gasteiger partial charge is 0.444 e. The van der Waals surface area contributed by atoms with Gasteiger partial charge in [-0.3, -0.25) is 14.5 Å². The smallest absolute Gasteiger partial charge is 0.408 e. The third kappa shape index (κ3) is 6.88. The van der Waals surface area contributed by atoms with E-state index < -0.39 is 35.6 Å². The lowest BCUT2D eigenvalue weighted by molar-refractivity contribution is -0.136. The fourth-order valence-electron chi connectivity index (χ4n) is 3.49. The van der Waals surface area contributed by atoms with Crippen LogP contribution < -0.4 is 10.6 Å². The molecular weight excluding hydrogens is 442 g/mol. The molecule has 2 rings (SSSR count). The van der Waals surface area contributed by atoms with Gasteiger partial charge in [0.1, 0.15) is 11.6 Å². The summed E-state index contributed by atoms with van der Waals surface area (Å²) >= 11 is 0. The molecule has 0 aliphatic heterocycles. The molecule has 182 valence electrons. The molecule has 2 N–H and O–H groups in total. The Kier molecular flexibility index (Phi) is 8.70. The molecule has 0 radical (unpaired) electrons. The van der Waals surface area contributed by atoms with E-state index in [1.54, 1.807) is 45.0 Å². The highest BCUT2D eigenvalue weighted by atomic mass is 16.6. The summed E-state index contributed by atoms with van der Waals surface area (Å²) in [7, 11) is 0. The van der Waals surface area contributed by atoms with Crippen molar-refractivity contribution in [2.45, 2.75) is 59.2 Å². The molecule has 3 amide bonds. The molecule has 0 spiro atoms. The van der Waals surface area contributed by atoms with Gasteiger partial charge in [-0.15, -0.1) is 6.42 Å².